The number of ketones is 1. The lowest BCUT2D eigenvalue weighted by Gasteiger charge is -2.17. The number of hydrogen-bond donors (Lipinski definition) is 0. The van der Waals surface area contributed by atoms with Gasteiger partial charge in [-0.3, -0.25) is 9.59 Å². The molecular weight excluding hydrogens is 398 g/mol. The molecule has 30 heavy (non-hydrogen) atoms. The zero-order valence-corrected chi connectivity index (χ0v) is 17.1. The molecule has 0 aliphatic carbocycles. The van der Waals surface area contributed by atoms with E-state index >= 15 is 0 Å². The van der Waals surface area contributed by atoms with Crippen LogP contribution in [0.4, 0.5) is 0 Å². The van der Waals surface area contributed by atoms with E-state index in [9.17, 15) is 9.59 Å². The Morgan fingerprint density at radius 2 is 1.70 bits per heavy atom. The van der Waals surface area contributed by atoms with Gasteiger partial charge in [0.1, 0.15) is 5.76 Å². The summed E-state index contributed by atoms with van der Waals surface area (Å²) in [6, 6.07) is 21.6. The average Bonchev–Trinajstić information content (AvgIpc) is 3.43. The third kappa shape index (κ3) is 4.39. The fourth-order valence-corrected chi connectivity index (χ4v) is 3.71. The van der Waals surface area contributed by atoms with Crippen molar-refractivity contribution in [2.45, 2.75) is 19.4 Å². The van der Waals surface area contributed by atoms with Crippen molar-refractivity contribution in [2.24, 2.45) is 0 Å². The normalized spacial score (nSPS) is 11.8. The Morgan fingerprint density at radius 3 is 2.37 bits per heavy atom. The summed E-state index contributed by atoms with van der Waals surface area (Å²) in [5, 5.41) is 1.93. The molecule has 0 aliphatic heterocycles. The number of nitrogens with zero attached hydrogens (tertiary/aromatic N) is 1. The molecule has 0 spiro atoms. The lowest BCUT2D eigenvalue weighted by molar-refractivity contribution is -0.146. The molecule has 0 saturated heterocycles. The van der Waals surface area contributed by atoms with Crippen molar-refractivity contribution in [3.63, 3.8) is 0 Å². The molecule has 0 amide bonds. The summed E-state index contributed by atoms with van der Waals surface area (Å²) in [6.45, 7) is 1.76. The molecule has 0 aliphatic rings. The first-order valence-electron chi connectivity index (χ1n) is 9.45. The number of hydrogen-bond acceptors (Lipinski definition) is 6. The van der Waals surface area contributed by atoms with E-state index in [1.54, 1.807) is 43.3 Å². The Balaban J connectivity index is 1.55. The highest BCUT2D eigenvalue weighted by molar-refractivity contribution is 7.13. The van der Waals surface area contributed by atoms with Crippen LogP contribution in [-0.4, -0.2) is 16.7 Å². The largest absolute Gasteiger partial charge is 0.449 e. The Bertz CT molecular complexity index is 1130. The molecular formula is C24H19NO4S. The lowest BCUT2D eigenvalue weighted by Crippen LogP contribution is -2.21. The quantitative estimate of drug-likeness (QED) is 0.297. The minimum atomic E-state index is -1.02. The van der Waals surface area contributed by atoms with E-state index in [-0.39, 0.29) is 12.2 Å². The number of benzene rings is 2. The van der Waals surface area contributed by atoms with Gasteiger partial charge in [0.25, 0.3) is 0 Å². The van der Waals surface area contributed by atoms with E-state index in [4.69, 9.17) is 9.15 Å². The standard InChI is InChI=1S/C24H19NO4S/c1-16-19(25-24(28-16)20-13-8-14-30-20)15-21(26)29-23(18-11-6-3-7-12-18)22(27)17-9-4-2-5-10-17/h2-14,23H,15H2,1H3. The first-order valence-corrected chi connectivity index (χ1v) is 10.3. The van der Waals surface area contributed by atoms with Crippen molar-refractivity contribution < 1.29 is 18.7 Å². The molecule has 1 atom stereocenters. The maximum atomic E-state index is 13.0. The van der Waals surface area contributed by atoms with Crippen LogP contribution in [0.15, 0.2) is 82.6 Å². The van der Waals surface area contributed by atoms with Crippen LogP contribution in [-0.2, 0) is 16.0 Å². The van der Waals surface area contributed by atoms with E-state index in [1.807, 2.05) is 41.8 Å². The van der Waals surface area contributed by atoms with Gasteiger partial charge in [-0.1, -0.05) is 66.7 Å². The van der Waals surface area contributed by atoms with Gasteiger partial charge in [-0.25, -0.2) is 4.98 Å². The number of carbonyl (C=O) groups excluding carboxylic acids is 2. The molecule has 2 heterocycles. The molecule has 0 saturated carbocycles. The first kappa shape index (κ1) is 19.8. The van der Waals surface area contributed by atoms with Gasteiger partial charge in [0.05, 0.1) is 17.0 Å². The summed E-state index contributed by atoms with van der Waals surface area (Å²) in [7, 11) is 0. The van der Waals surface area contributed by atoms with Crippen molar-refractivity contribution in [1.29, 1.82) is 0 Å². The predicted octanol–water partition coefficient (Wildman–Crippen LogP) is 5.42. The monoisotopic (exact) mass is 417 g/mol. The lowest BCUT2D eigenvalue weighted by atomic mass is 10.00. The summed E-state index contributed by atoms with van der Waals surface area (Å²) in [5.41, 5.74) is 1.61. The van der Waals surface area contributed by atoms with Crippen LogP contribution in [0.5, 0.6) is 0 Å². The molecule has 5 nitrogen and oxygen atoms in total. The number of aryl methyl sites for hydroxylation is 1. The first-order chi connectivity index (χ1) is 14.6. The molecule has 4 aromatic rings. The number of ether oxygens (including phenoxy) is 1. The van der Waals surface area contributed by atoms with Crippen LogP contribution in [0.1, 0.15) is 33.5 Å². The topological polar surface area (TPSA) is 69.4 Å². The van der Waals surface area contributed by atoms with Gasteiger partial charge < -0.3 is 9.15 Å². The number of oxazole rings is 1. The second-order valence-electron chi connectivity index (χ2n) is 6.69. The summed E-state index contributed by atoms with van der Waals surface area (Å²) in [6.07, 6.45) is -1.10. The average molecular weight is 417 g/mol. The van der Waals surface area contributed by atoms with Crippen LogP contribution in [0, 0.1) is 6.92 Å². The van der Waals surface area contributed by atoms with Gasteiger partial charge >= 0.3 is 5.97 Å². The Morgan fingerprint density at radius 1 is 1.00 bits per heavy atom. The number of Topliss-reactive ketones (excluding diaryl/α,β-unsaturated/α-hetero) is 1. The Hall–Kier alpha value is -3.51. The molecule has 6 heteroatoms. The molecule has 150 valence electrons. The highest BCUT2D eigenvalue weighted by atomic mass is 32.1. The molecule has 0 radical (unpaired) electrons. The highest BCUT2D eigenvalue weighted by Gasteiger charge is 2.27. The maximum absolute atomic E-state index is 13.0. The summed E-state index contributed by atoms with van der Waals surface area (Å²) >= 11 is 1.51. The van der Waals surface area contributed by atoms with Gasteiger partial charge in [0.15, 0.2) is 6.10 Å². The van der Waals surface area contributed by atoms with Crippen LogP contribution in [0.2, 0.25) is 0 Å². The zero-order valence-electron chi connectivity index (χ0n) is 16.3. The summed E-state index contributed by atoms with van der Waals surface area (Å²) < 4.78 is 11.3. The smallest absolute Gasteiger partial charge is 0.313 e. The Kier molecular flexibility index (Phi) is 5.86. The fourth-order valence-electron chi connectivity index (χ4n) is 3.06. The van der Waals surface area contributed by atoms with Crippen molar-refractivity contribution in [3.05, 3.63) is 101 Å². The summed E-state index contributed by atoms with van der Waals surface area (Å²) in [5.74, 6) is 0.222. The van der Waals surface area contributed by atoms with Crippen molar-refractivity contribution in [1.82, 2.24) is 4.98 Å². The van der Waals surface area contributed by atoms with E-state index in [0.717, 1.165) is 4.88 Å². The molecule has 0 N–H and O–H groups in total. The number of thiophene rings is 1. The van der Waals surface area contributed by atoms with Crippen molar-refractivity contribution in [2.75, 3.05) is 0 Å². The molecule has 0 bridgehead atoms. The third-order valence-corrected chi connectivity index (χ3v) is 5.44. The molecule has 0 fully saturated rings. The SMILES string of the molecule is Cc1oc(-c2cccs2)nc1CC(=O)OC(C(=O)c1ccccc1)c1ccccc1. The van der Waals surface area contributed by atoms with E-state index in [1.165, 1.54) is 11.3 Å². The second kappa shape index (κ2) is 8.88. The van der Waals surface area contributed by atoms with Crippen LogP contribution in [0.25, 0.3) is 10.8 Å². The number of aromatic nitrogens is 1. The van der Waals surface area contributed by atoms with Crippen LogP contribution < -0.4 is 0 Å². The number of esters is 1. The van der Waals surface area contributed by atoms with Crippen LogP contribution in [0.3, 0.4) is 0 Å². The predicted molar refractivity (Wildman–Crippen MR) is 114 cm³/mol. The van der Waals surface area contributed by atoms with Gasteiger partial charge in [-0.2, -0.15) is 0 Å². The van der Waals surface area contributed by atoms with E-state index < -0.39 is 12.1 Å². The highest BCUT2D eigenvalue weighted by Crippen LogP contribution is 2.27. The maximum Gasteiger partial charge on any atom is 0.313 e. The molecule has 2 aromatic carbocycles. The van der Waals surface area contributed by atoms with Gasteiger partial charge in [-0.05, 0) is 18.4 Å². The minimum Gasteiger partial charge on any atom is -0.449 e. The van der Waals surface area contributed by atoms with E-state index in [2.05, 4.69) is 4.98 Å². The fraction of sp³-hybridized carbons (Fsp3) is 0.125. The second-order valence-corrected chi connectivity index (χ2v) is 7.63. The van der Waals surface area contributed by atoms with Gasteiger partial charge in [-0.15, -0.1) is 11.3 Å². The summed E-state index contributed by atoms with van der Waals surface area (Å²) in [4.78, 5) is 31.1. The molecule has 4 rings (SSSR count). The van der Waals surface area contributed by atoms with Gasteiger partial charge in [0, 0.05) is 11.1 Å². The number of carbonyl (C=O) groups is 2. The Labute approximate surface area is 178 Å². The third-order valence-electron chi connectivity index (χ3n) is 4.58. The molecule has 1 unspecified atom stereocenters. The van der Waals surface area contributed by atoms with Crippen molar-refractivity contribution >= 4 is 23.1 Å². The number of rotatable bonds is 7. The van der Waals surface area contributed by atoms with Gasteiger partial charge in [0.2, 0.25) is 11.7 Å². The van der Waals surface area contributed by atoms with Crippen LogP contribution >= 0.6 is 11.3 Å². The molecule has 2 aromatic heterocycles. The van der Waals surface area contributed by atoms with E-state index in [0.29, 0.717) is 28.5 Å². The zero-order chi connectivity index (χ0) is 20.9. The minimum absolute atomic E-state index is 0.0773. The van der Waals surface area contributed by atoms with Crippen molar-refractivity contribution in [3.8, 4) is 10.8 Å².